The van der Waals surface area contributed by atoms with Gasteiger partial charge in [0.15, 0.2) is 0 Å². The third kappa shape index (κ3) is 6.09. The first kappa shape index (κ1) is 25.1. The molecule has 10 heteroatoms. The third-order valence-corrected chi connectivity index (χ3v) is 6.80. The number of carbonyl (C=O) groups excluding carboxylic acids is 1. The van der Waals surface area contributed by atoms with Crippen LogP contribution in [0.1, 0.15) is 32.6 Å². The predicted octanol–water partition coefficient (Wildman–Crippen LogP) is 4.60. The van der Waals surface area contributed by atoms with E-state index in [9.17, 15) is 26.4 Å². The molecule has 0 aliphatic heterocycles. The average Bonchev–Trinajstić information content (AvgIpc) is 2.79. The van der Waals surface area contributed by atoms with Gasteiger partial charge in [-0.1, -0.05) is 48.0 Å². The summed E-state index contributed by atoms with van der Waals surface area (Å²) in [5, 5.41) is 3.62. The van der Waals surface area contributed by atoms with Crippen LogP contribution in [0.3, 0.4) is 0 Å². The van der Waals surface area contributed by atoms with Crippen molar-refractivity contribution < 1.29 is 26.4 Å². The first-order valence-electron chi connectivity index (χ1n) is 10.1. The van der Waals surface area contributed by atoms with Gasteiger partial charge >= 0.3 is 6.18 Å². The molecule has 0 fully saturated rings. The van der Waals surface area contributed by atoms with Gasteiger partial charge in [-0.05, 0) is 42.8 Å². The summed E-state index contributed by atoms with van der Waals surface area (Å²) in [5.74, 6) is -0.618. The highest BCUT2D eigenvalue weighted by Gasteiger charge is 2.32. The van der Waals surface area contributed by atoms with Gasteiger partial charge in [-0.15, -0.1) is 0 Å². The number of sulfonamides is 1. The largest absolute Gasteiger partial charge is 0.417 e. The summed E-state index contributed by atoms with van der Waals surface area (Å²) < 4.78 is 65.7. The number of rotatable bonds is 7. The molecule has 178 valence electrons. The summed E-state index contributed by atoms with van der Waals surface area (Å²) in [6.45, 7) is 1.95. The Balaban J connectivity index is 1.64. The Labute approximate surface area is 195 Å². The molecule has 3 rings (SSSR count). The van der Waals surface area contributed by atoms with E-state index in [2.05, 4.69) is 10.5 Å². The SMILES string of the molecule is Cc1ccc(S(=O)(=O)N(C)Cc2ccc(C(=O)NN=Cc3ccccc3C(F)(F)F)cc2)cc1. The molecule has 0 heterocycles. The van der Waals surface area contributed by atoms with Crippen molar-refractivity contribution in [3.05, 3.63) is 101 Å². The maximum absolute atomic E-state index is 13.0. The van der Waals surface area contributed by atoms with Gasteiger partial charge in [0.2, 0.25) is 10.0 Å². The molecule has 0 saturated carbocycles. The fraction of sp³-hybridized carbons (Fsp3) is 0.167. The number of nitrogens with one attached hydrogen (secondary N) is 1. The standard InChI is InChI=1S/C24H22F3N3O3S/c1-17-7-13-21(14-8-17)34(32,33)30(2)16-18-9-11-19(12-10-18)23(31)29-28-15-20-5-3-4-6-22(20)24(25,26)27/h3-15H,16H2,1-2H3,(H,29,31). The van der Waals surface area contributed by atoms with Crippen LogP contribution in [0, 0.1) is 6.92 Å². The Morgan fingerprint density at radius 1 is 1.00 bits per heavy atom. The molecule has 0 atom stereocenters. The zero-order chi connectivity index (χ0) is 24.9. The van der Waals surface area contributed by atoms with E-state index in [0.29, 0.717) is 5.56 Å². The van der Waals surface area contributed by atoms with E-state index in [1.165, 1.54) is 41.7 Å². The molecule has 0 aromatic heterocycles. The Morgan fingerprint density at radius 3 is 2.24 bits per heavy atom. The summed E-state index contributed by atoms with van der Waals surface area (Å²) in [6.07, 6.45) is -3.61. The van der Waals surface area contributed by atoms with E-state index in [1.807, 2.05) is 6.92 Å². The average molecular weight is 490 g/mol. The molecule has 3 aromatic rings. The van der Waals surface area contributed by atoms with Gasteiger partial charge in [-0.2, -0.15) is 22.6 Å². The Morgan fingerprint density at radius 2 is 1.62 bits per heavy atom. The van der Waals surface area contributed by atoms with Crippen molar-refractivity contribution >= 4 is 22.1 Å². The van der Waals surface area contributed by atoms with Crippen molar-refractivity contribution in [2.75, 3.05) is 7.05 Å². The van der Waals surface area contributed by atoms with E-state index in [-0.39, 0.29) is 22.6 Å². The van der Waals surface area contributed by atoms with Crippen LogP contribution in [0.2, 0.25) is 0 Å². The molecule has 0 radical (unpaired) electrons. The molecule has 3 aromatic carbocycles. The molecule has 6 nitrogen and oxygen atoms in total. The maximum Gasteiger partial charge on any atom is 0.417 e. The smallest absolute Gasteiger partial charge is 0.267 e. The molecule has 0 spiro atoms. The fourth-order valence-electron chi connectivity index (χ4n) is 3.09. The highest BCUT2D eigenvalue weighted by molar-refractivity contribution is 7.89. The van der Waals surface area contributed by atoms with Crippen LogP contribution in [-0.4, -0.2) is 31.9 Å². The monoisotopic (exact) mass is 489 g/mol. The number of hydrazone groups is 1. The number of aryl methyl sites for hydroxylation is 1. The summed E-state index contributed by atoms with van der Waals surface area (Å²) in [7, 11) is -2.22. The molecule has 0 aliphatic carbocycles. The number of alkyl halides is 3. The fourth-order valence-corrected chi connectivity index (χ4v) is 4.25. The molecule has 0 aliphatic rings. The van der Waals surface area contributed by atoms with Gasteiger partial charge < -0.3 is 0 Å². The van der Waals surface area contributed by atoms with Crippen LogP contribution in [0.4, 0.5) is 13.2 Å². The second kappa shape index (κ2) is 10.2. The number of halogens is 3. The predicted molar refractivity (Wildman–Crippen MR) is 123 cm³/mol. The molecular formula is C24H22F3N3O3S. The minimum Gasteiger partial charge on any atom is -0.267 e. The molecular weight excluding hydrogens is 467 g/mol. The lowest BCUT2D eigenvalue weighted by atomic mass is 10.1. The van der Waals surface area contributed by atoms with Crippen LogP contribution in [0.25, 0.3) is 0 Å². The van der Waals surface area contributed by atoms with E-state index in [0.717, 1.165) is 17.8 Å². The molecule has 1 amide bonds. The lowest BCUT2D eigenvalue weighted by Gasteiger charge is -2.17. The number of amides is 1. The second-order valence-corrected chi connectivity index (χ2v) is 9.60. The van der Waals surface area contributed by atoms with Crippen LogP contribution in [0.5, 0.6) is 0 Å². The Hall–Kier alpha value is -3.50. The third-order valence-electron chi connectivity index (χ3n) is 4.99. The molecule has 1 N–H and O–H groups in total. The topological polar surface area (TPSA) is 78.8 Å². The summed E-state index contributed by atoms with van der Waals surface area (Å²) >= 11 is 0. The summed E-state index contributed by atoms with van der Waals surface area (Å²) in [5.41, 5.74) is 2.97. The number of hydrogen-bond acceptors (Lipinski definition) is 4. The van der Waals surface area contributed by atoms with Crippen molar-refractivity contribution in [2.24, 2.45) is 5.10 Å². The van der Waals surface area contributed by atoms with Crippen molar-refractivity contribution in [3.63, 3.8) is 0 Å². The van der Waals surface area contributed by atoms with Crippen molar-refractivity contribution in [3.8, 4) is 0 Å². The van der Waals surface area contributed by atoms with Crippen molar-refractivity contribution in [1.29, 1.82) is 0 Å². The summed E-state index contributed by atoms with van der Waals surface area (Å²) in [4.78, 5) is 12.5. The lowest BCUT2D eigenvalue weighted by Crippen LogP contribution is -2.26. The van der Waals surface area contributed by atoms with Gasteiger partial charge in [-0.25, -0.2) is 13.8 Å². The molecule has 34 heavy (non-hydrogen) atoms. The zero-order valence-corrected chi connectivity index (χ0v) is 19.2. The molecule has 0 saturated heterocycles. The van der Waals surface area contributed by atoms with Gasteiger partial charge in [-0.3, -0.25) is 4.79 Å². The quantitative estimate of drug-likeness (QED) is 0.389. The minimum atomic E-state index is -4.54. The van der Waals surface area contributed by atoms with E-state index < -0.39 is 27.7 Å². The minimum absolute atomic E-state index is 0.0878. The van der Waals surface area contributed by atoms with Gasteiger partial charge in [0.1, 0.15) is 0 Å². The Bertz CT molecular complexity index is 1290. The second-order valence-electron chi connectivity index (χ2n) is 7.56. The van der Waals surface area contributed by atoms with E-state index in [1.54, 1.807) is 36.4 Å². The van der Waals surface area contributed by atoms with Crippen LogP contribution >= 0.6 is 0 Å². The number of nitrogens with zero attached hydrogens (tertiary/aromatic N) is 2. The maximum atomic E-state index is 13.0. The van der Waals surface area contributed by atoms with Gasteiger partial charge in [0.05, 0.1) is 16.7 Å². The number of carbonyl (C=O) groups is 1. The lowest BCUT2D eigenvalue weighted by molar-refractivity contribution is -0.137. The zero-order valence-electron chi connectivity index (χ0n) is 18.4. The van der Waals surface area contributed by atoms with Gasteiger partial charge in [0.25, 0.3) is 5.91 Å². The highest BCUT2D eigenvalue weighted by Crippen LogP contribution is 2.31. The van der Waals surface area contributed by atoms with Crippen LogP contribution in [-0.2, 0) is 22.7 Å². The Kier molecular flexibility index (Phi) is 7.53. The van der Waals surface area contributed by atoms with Crippen molar-refractivity contribution in [1.82, 2.24) is 9.73 Å². The number of hydrogen-bond donors (Lipinski definition) is 1. The normalized spacial score (nSPS) is 12.3. The first-order chi connectivity index (χ1) is 16.0. The van der Waals surface area contributed by atoms with Crippen LogP contribution in [0.15, 0.2) is 82.8 Å². The van der Waals surface area contributed by atoms with Crippen molar-refractivity contribution in [2.45, 2.75) is 24.5 Å². The molecule has 0 bridgehead atoms. The molecule has 0 unspecified atom stereocenters. The van der Waals surface area contributed by atoms with E-state index >= 15 is 0 Å². The number of benzene rings is 3. The van der Waals surface area contributed by atoms with E-state index in [4.69, 9.17) is 0 Å². The summed E-state index contributed by atoms with van der Waals surface area (Å²) in [6, 6.07) is 17.6. The van der Waals surface area contributed by atoms with Crippen LogP contribution < -0.4 is 5.43 Å². The first-order valence-corrected chi connectivity index (χ1v) is 11.5. The van der Waals surface area contributed by atoms with Gasteiger partial charge in [0, 0.05) is 24.7 Å². The highest BCUT2D eigenvalue weighted by atomic mass is 32.2.